The van der Waals surface area contributed by atoms with E-state index in [1.807, 2.05) is 0 Å². The Morgan fingerprint density at radius 2 is 2.12 bits per heavy atom. The van der Waals surface area contributed by atoms with Gasteiger partial charge in [0.05, 0.1) is 3.79 Å². The van der Waals surface area contributed by atoms with Crippen LogP contribution in [-0.4, -0.2) is 12.5 Å². The molecule has 0 spiro atoms. The van der Waals surface area contributed by atoms with Gasteiger partial charge in [0, 0.05) is 17.3 Å². The van der Waals surface area contributed by atoms with Crippen molar-refractivity contribution >= 4 is 33.2 Å². The molecule has 2 unspecified atom stereocenters. The minimum Gasteiger partial charge on any atom is -0.356 e. The zero-order valence-corrected chi connectivity index (χ0v) is 12.0. The Kier molecular flexibility index (Phi) is 3.26. The maximum Gasteiger partial charge on any atom is 0.223 e. The molecule has 1 aromatic heterocycles. The van der Waals surface area contributed by atoms with Crippen LogP contribution in [0.3, 0.4) is 0 Å². The first-order chi connectivity index (χ1) is 8.22. The Balaban J connectivity index is 1.40. The lowest BCUT2D eigenvalue weighted by Crippen LogP contribution is -2.31. The number of hydrogen-bond acceptors (Lipinski definition) is 2. The summed E-state index contributed by atoms with van der Waals surface area (Å²) >= 11 is 5.19. The van der Waals surface area contributed by atoms with Crippen LogP contribution in [0.15, 0.2) is 15.9 Å². The molecule has 1 amide bonds. The van der Waals surface area contributed by atoms with Crippen LogP contribution in [0.2, 0.25) is 0 Å². The van der Waals surface area contributed by atoms with Gasteiger partial charge < -0.3 is 5.32 Å². The summed E-state index contributed by atoms with van der Waals surface area (Å²) in [5, 5.41) is 3.08. The molecular formula is C13H16BrNOS. The summed E-state index contributed by atoms with van der Waals surface area (Å²) in [6.07, 6.45) is 4.61. The van der Waals surface area contributed by atoms with Gasteiger partial charge in [0.1, 0.15) is 0 Å². The molecule has 2 aliphatic rings. The Labute approximate surface area is 114 Å². The van der Waals surface area contributed by atoms with E-state index in [9.17, 15) is 4.79 Å². The van der Waals surface area contributed by atoms with E-state index in [0.717, 1.165) is 41.4 Å². The largest absolute Gasteiger partial charge is 0.356 e. The van der Waals surface area contributed by atoms with Crippen molar-refractivity contribution < 1.29 is 4.79 Å². The zero-order chi connectivity index (χ0) is 11.8. The summed E-state index contributed by atoms with van der Waals surface area (Å²) < 4.78 is 1.16. The highest BCUT2D eigenvalue weighted by Gasteiger charge is 2.47. The Bertz CT molecular complexity index is 421. The molecule has 2 fully saturated rings. The van der Waals surface area contributed by atoms with E-state index in [4.69, 9.17) is 0 Å². The van der Waals surface area contributed by atoms with Gasteiger partial charge >= 0.3 is 0 Å². The number of rotatable bonds is 4. The predicted molar refractivity (Wildman–Crippen MR) is 73.1 cm³/mol. The Hall–Kier alpha value is -0.350. The maximum absolute atomic E-state index is 11.9. The molecule has 92 valence electrons. The normalized spacial score (nSPS) is 30.1. The summed E-state index contributed by atoms with van der Waals surface area (Å²) in [6.45, 7) is 0.775. The van der Waals surface area contributed by atoms with E-state index in [1.165, 1.54) is 11.3 Å². The van der Waals surface area contributed by atoms with Crippen LogP contribution in [0, 0.1) is 17.8 Å². The van der Waals surface area contributed by atoms with Crippen LogP contribution in [0.4, 0.5) is 0 Å². The SMILES string of the molecule is O=C(NCCc1ccc(Br)s1)C1CC2CC2C1. The Morgan fingerprint density at radius 3 is 2.76 bits per heavy atom. The van der Waals surface area contributed by atoms with Gasteiger partial charge in [-0.05, 0) is 65.6 Å². The highest BCUT2D eigenvalue weighted by Crippen LogP contribution is 2.54. The summed E-state index contributed by atoms with van der Waals surface area (Å²) in [5.74, 6) is 2.37. The van der Waals surface area contributed by atoms with E-state index in [1.54, 1.807) is 11.3 Å². The number of carbonyl (C=O) groups excluding carboxylic acids is 1. The molecule has 1 aromatic rings. The second kappa shape index (κ2) is 4.73. The number of thiophene rings is 1. The van der Waals surface area contributed by atoms with Gasteiger partial charge in [0.2, 0.25) is 5.91 Å². The molecule has 2 aliphatic carbocycles. The number of fused-ring (bicyclic) bond motifs is 1. The van der Waals surface area contributed by atoms with E-state index in [2.05, 4.69) is 33.4 Å². The lowest BCUT2D eigenvalue weighted by Gasteiger charge is -2.11. The van der Waals surface area contributed by atoms with E-state index in [0.29, 0.717) is 5.92 Å². The summed E-state index contributed by atoms with van der Waals surface area (Å²) in [5.41, 5.74) is 0. The van der Waals surface area contributed by atoms with Crippen molar-refractivity contribution in [2.75, 3.05) is 6.54 Å². The first-order valence-corrected chi connectivity index (χ1v) is 7.85. The smallest absolute Gasteiger partial charge is 0.223 e. The molecule has 0 radical (unpaired) electrons. The molecule has 3 rings (SSSR count). The van der Waals surface area contributed by atoms with Gasteiger partial charge in [-0.25, -0.2) is 0 Å². The van der Waals surface area contributed by atoms with Crippen molar-refractivity contribution in [3.05, 3.63) is 20.8 Å². The fraction of sp³-hybridized carbons (Fsp3) is 0.615. The number of halogens is 1. The average molecular weight is 314 g/mol. The van der Waals surface area contributed by atoms with Gasteiger partial charge in [0.25, 0.3) is 0 Å². The molecule has 2 nitrogen and oxygen atoms in total. The first kappa shape index (κ1) is 11.7. The van der Waals surface area contributed by atoms with Crippen LogP contribution in [0.25, 0.3) is 0 Å². The maximum atomic E-state index is 11.9. The van der Waals surface area contributed by atoms with E-state index in [-0.39, 0.29) is 5.91 Å². The van der Waals surface area contributed by atoms with E-state index < -0.39 is 0 Å². The standard InChI is InChI=1S/C13H16BrNOS/c14-12-2-1-11(17-12)3-4-15-13(16)10-6-8-5-9(8)7-10/h1-2,8-10H,3-7H2,(H,15,16). The monoisotopic (exact) mass is 313 g/mol. The second-order valence-electron chi connectivity index (χ2n) is 5.17. The summed E-state index contributed by atoms with van der Waals surface area (Å²) in [6, 6.07) is 4.18. The second-order valence-corrected chi connectivity index (χ2v) is 7.72. The lowest BCUT2D eigenvalue weighted by molar-refractivity contribution is -0.125. The van der Waals surface area contributed by atoms with Gasteiger partial charge in [-0.3, -0.25) is 4.79 Å². The van der Waals surface area contributed by atoms with Gasteiger partial charge in [0.15, 0.2) is 0 Å². The number of hydrogen-bond donors (Lipinski definition) is 1. The van der Waals surface area contributed by atoms with Crippen LogP contribution in [0.5, 0.6) is 0 Å². The number of carbonyl (C=O) groups is 1. The molecule has 0 aromatic carbocycles. The van der Waals surface area contributed by atoms with Crippen LogP contribution in [0.1, 0.15) is 24.1 Å². The molecule has 2 atom stereocenters. The highest BCUT2D eigenvalue weighted by atomic mass is 79.9. The van der Waals surface area contributed by atoms with Crippen molar-refractivity contribution in [1.82, 2.24) is 5.32 Å². The minimum atomic E-state index is 0.285. The Morgan fingerprint density at radius 1 is 1.35 bits per heavy atom. The van der Waals surface area contributed by atoms with Gasteiger partial charge in [-0.1, -0.05) is 0 Å². The molecule has 0 bridgehead atoms. The zero-order valence-electron chi connectivity index (χ0n) is 9.62. The first-order valence-electron chi connectivity index (χ1n) is 6.24. The van der Waals surface area contributed by atoms with Gasteiger partial charge in [-0.15, -0.1) is 11.3 Å². The van der Waals surface area contributed by atoms with E-state index >= 15 is 0 Å². The van der Waals surface area contributed by atoms with Gasteiger partial charge in [-0.2, -0.15) is 0 Å². The predicted octanol–water partition coefficient (Wildman–Crippen LogP) is 3.22. The third-order valence-corrected chi connectivity index (χ3v) is 5.60. The lowest BCUT2D eigenvalue weighted by atomic mass is 10.0. The fourth-order valence-electron chi connectivity index (χ4n) is 2.87. The number of amides is 1. The topological polar surface area (TPSA) is 29.1 Å². The third kappa shape index (κ3) is 2.74. The molecule has 17 heavy (non-hydrogen) atoms. The van der Waals surface area contributed by atoms with Crippen molar-refractivity contribution in [2.45, 2.75) is 25.7 Å². The van der Waals surface area contributed by atoms with Crippen LogP contribution < -0.4 is 5.32 Å². The van der Waals surface area contributed by atoms with Crippen molar-refractivity contribution in [2.24, 2.45) is 17.8 Å². The molecule has 0 saturated heterocycles. The summed E-state index contributed by atoms with van der Waals surface area (Å²) in [4.78, 5) is 13.2. The van der Waals surface area contributed by atoms with Crippen LogP contribution in [-0.2, 0) is 11.2 Å². The molecule has 0 aliphatic heterocycles. The molecule has 2 saturated carbocycles. The molecule has 1 heterocycles. The van der Waals surface area contributed by atoms with Crippen molar-refractivity contribution in [3.63, 3.8) is 0 Å². The summed E-state index contributed by atoms with van der Waals surface area (Å²) in [7, 11) is 0. The minimum absolute atomic E-state index is 0.285. The molecule has 1 N–H and O–H groups in total. The quantitative estimate of drug-likeness (QED) is 0.908. The van der Waals surface area contributed by atoms with Crippen LogP contribution >= 0.6 is 27.3 Å². The van der Waals surface area contributed by atoms with Crippen molar-refractivity contribution in [1.29, 1.82) is 0 Å². The average Bonchev–Trinajstić information content (AvgIpc) is 2.74. The van der Waals surface area contributed by atoms with Crippen molar-refractivity contribution in [3.8, 4) is 0 Å². The third-order valence-electron chi connectivity index (χ3n) is 3.91. The molecule has 4 heteroatoms. The fourth-order valence-corrected chi connectivity index (χ4v) is 4.35. The highest BCUT2D eigenvalue weighted by molar-refractivity contribution is 9.11. The number of nitrogens with one attached hydrogen (secondary N) is 1. The molecular weight excluding hydrogens is 298 g/mol.